The number of allylic oxidation sites excluding steroid dienone is 16. The molecule has 0 radical (unpaired) electrons. The Balaban J connectivity index is 1.23. The molecule has 208 valence electrons. The largest absolute Gasteiger partial charge is 0.315 e. The number of benzene rings is 1. The summed E-state index contributed by atoms with van der Waals surface area (Å²) in [4.78, 5) is 2.36. The molecule has 0 spiro atoms. The molecule has 1 aromatic rings. The monoisotopic (exact) mass is 539 g/mol. The second-order valence-corrected chi connectivity index (χ2v) is 10.9. The van der Waals surface area contributed by atoms with Crippen LogP contribution in [-0.4, -0.2) is 13.1 Å². The maximum absolute atomic E-state index is 10.0. The van der Waals surface area contributed by atoms with Crippen molar-refractivity contribution in [2.45, 2.75) is 58.3 Å². The number of hydrogen-bond donors (Lipinski definition) is 1. The quantitative estimate of drug-likeness (QED) is 0.225. The molecule has 1 aromatic carbocycles. The molecule has 5 rings (SSSR count). The van der Waals surface area contributed by atoms with E-state index >= 15 is 0 Å². The second-order valence-electron chi connectivity index (χ2n) is 10.9. The van der Waals surface area contributed by atoms with Crippen LogP contribution in [0.25, 0.3) is 0 Å². The average Bonchev–Trinajstić information content (AvgIpc) is 3.56. The van der Waals surface area contributed by atoms with E-state index in [1.54, 1.807) is 0 Å². The number of hydrogen-bond acceptors (Lipinski definition) is 3. The standard InChI is InChI=1S/C38H41N3/c1-2-32(29-40-26-25-30-11-5-3-6-12-30)33-19-21-34(22-20-33)35(28-39)27-31-17-23-38(24-18-31)41(37-15-9-10-16-37)36-13-7-4-8-14-36/h2,4-5,7-9,11-17,19,21,23,27,40H,3,6,10,18,20,22,24-26,29H2,1H3/b32-2+,35-27+. The third-order valence-electron chi connectivity index (χ3n) is 8.16. The topological polar surface area (TPSA) is 39.1 Å². The zero-order chi connectivity index (χ0) is 28.3. The van der Waals surface area contributed by atoms with E-state index in [1.165, 1.54) is 52.2 Å². The molecule has 41 heavy (non-hydrogen) atoms. The molecule has 0 saturated carbocycles. The lowest BCUT2D eigenvalue weighted by Gasteiger charge is -2.29. The van der Waals surface area contributed by atoms with Crippen molar-refractivity contribution in [1.82, 2.24) is 5.32 Å². The van der Waals surface area contributed by atoms with E-state index in [-0.39, 0.29) is 0 Å². The highest BCUT2D eigenvalue weighted by molar-refractivity contribution is 5.63. The Labute approximate surface area is 246 Å². The van der Waals surface area contributed by atoms with Crippen molar-refractivity contribution in [3.63, 3.8) is 0 Å². The summed E-state index contributed by atoms with van der Waals surface area (Å²) < 4.78 is 0. The van der Waals surface area contributed by atoms with E-state index in [4.69, 9.17) is 0 Å². The predicted molar refractivity (Wildman–Crippen MR) is 173 cm³/mol. The lowest BCUT2D eigenvalue weighted by atomic mass is 9.88. The molecule has 0 unspecified atom stereocenters. The zero-order valence-electron chi connectivity index (χ0n) is 24.3. The first-order chi connectivity index (χ1) is 20.2. The number of rotatable bonds is 11. The number of nitrogens with one attached hydrogen (secondary N) is 1. The summed E-state index contributed by atoms with van der Waals surface area (Å²) in [6.45, 7) is 4.00. The number of para-hydroxylation sites is 1. The molecular formula is C38H41N3. The maximum Gasteiger partial charge on any atom is 0.0994 e. The average molecular weight is 540 g/mol. The molecule has 4 aliphatic rings. The first-order valence-electron chi connectivity index (χ1n) is 15.1. The normalized spacial score (nSPS) is 19.0. The molecule has 0 saturated heterocycles. The Hall–Kier alpha value is -4.13. The minimum atomic E-state index is 0.790. The molecule has 0 aliphatic heterocycles. The molecule has 1 N–H and O–H groups in total. The van der Waals surface area contributed by atoms with Gasteiger partial charge in [0.15, 0.2) is 0 Å². The van der Waals surface area contributed by atoms with E-state index in [9.17, 15) is 5.26 Å². The highest BCUT2D eigenvalue weighted by atomic mass is 15.2. The summed E-state index contributed by atoms with van der Waals surface area (Å²) in [5.41, 5.74) is 11.0. The van der Waals surface area contributed by atoms with Gasteiger partial charge in [-0.15, -0.1) is 0 Å². The summed E-state index contributed by atoms with van der Waals surface area (Å²) in [7, 11) is 0. The summed E-state index contributed by atoms with van der Waals surface area (Å²) in [6, 6.07) is 13.1. The number of anilines is 1. The molecule has 4 aliphatic carbocycles. The highest BCUT2D eigenvalue weighted by Gasteiger charge is 2.19. The van der Waals surface area contributed by atoms with E-state index < -0.39 is 0 Å². The highest BCUT2D eigenvalue weighted by Crippen LogP contribution is 2.34. The fraction of sp³-hybridized carbons (Fsp3) is 0.289. The van der Waals surface area contributed by atoms with Gasteiger partial charge in [-0.05, 0) is 117 Å². The lowest BCUT2D eigenvalue weighted by molar-refractivity contribution is 0.722. The van der Waals surface area contributed by atoms with Gasteiger partial charge in [0.2, 0.25) is 0 Å². The summed E-state index contributed by atoms with van der Waals surface area (Å²) in [5, 5.41) is 13.7. The second kappa shape index (κ2) is 14.5. The van der Waals surface area contributed by atoms with Gasteiger partial charge < -0.3 is 10.2 Å². The summed E-state index contributed by atoms with van der Waals surface area (Å²) in [6.07, 6.45) is 34.9. The SMILES string of the molecule is C/C=C(\CNCCC1=CCCC=C1)C1=CC=C(/C(C#N)=C/C2=CC=C(N(C3=CCC=C3)c3ccccc3)CC2)CC1. The van der Waals surface area contributed by atoms with Crippen molar-refractivity contribution in [1.29, 1.82) is 5.26 Å². The Morgan fingerprint density at radius 1 is 0.927 bits per heavy atom. The first-order valence-corrected chi connectivity index (χ1v) is 15.1. The fourth-order valence-corrected chi connectivity index (χ4v) is 5.84. The van der Waals surface area contributed by atoms with Gasteiger partial charge in [0.05, 0.1) is 11.6 Å². The van der Waals surface area contributed by atoms with Crippen LogP contribution >= 0.6 is 0 Å². The van der Waals surface area contributed by atoms with Crippen molar-refractivity contribution < 1.29 is 0 Å². The molecule has 0 heterocycles. The zero-order valence-corrected chi connectivity index (χ0v) is 24.3. The molecule has 0 atom stereocenters. The van der Waals surface area contributed by atoms with Crippen LogP contribution in [-0.2, 0) is 0 Å². The maximum atomic E-state index is 10.0. The van der Waals surface area contributed by atoms with Gasteiger partial charge in [0.1, 0.15) is 0 Å². The van der Waals surface area contributed by atoms with Crippen LogP contribution in [0.5, 0.6) is 0 Å². The van der Waals surface area contributed by atoms with Crippen molar-refractivity contribution in [2.75, 3.05) is 18.0 Å². The van der Waals surface area contributed by atoms with Crippen molar-refractivity contribution in [3.05, 3.63) is 148 Å². The molecule has 3 nitrogen and oxygen atoms in total. The Kier molecular flexibility index (Phi) is 10.0. The number of nitrogens with zero attached hydrogens (tertiary/aromatic N) is 2. The summed E-state index contributed by atoms with van der Waals surface area (Å²) >= 11 is 0. The van der Waals surface area contributed by atoms with Gasteiger partial charge in [-0.3, -0.25) is 0 Å². The lowest BCUT2D eigenvalue weighted by Crippen LogP contribution is -2.21. The van der Waals surface area contributed by atoms with Gasteiger partial charge >= 0.3 is 0 Å². The van der Waals surface area contributed by atoms with E-state index in [0.29, 0.717) is 0 Å². The molecular weight excluding hydrogens is 498 g/mol. The van der Waals surface area contributed by atoms with Crippen LogP contribution in [0.15, 0.2) is 148 Å². The Morgan fingerprint density at radius 3 is 2.44 bits per heavy atom. The van der Waals surface area contributed by atoms with Crippen LogP contribution in [0.4, 0.5) is 5.69 Å². The first kappa shape index (κ1) is 28.4. The minimum absolute atomic E-state index is 0.790. The summed E-state index contributed by atoms with van der Waals surface area (Å²) in [5.74, 6) is 0. The van der Waals surface area contributed by atoms with Gasteiger partial charge in [0, 0.05) is 23.6 Å². The Morgan fingerprint density at radius 2 is 1.78 bits per heavy atom. The van der Waals surface area contributed by atoms with Crippen molar-refractivity contribution >= 4 is 5.69 Å². The van der Waals surface area contributed by atoms with Crippen LogP contribution < -0.4 is 10.2 Å². The molecule has 0 amide bonds. The fourth-order valence-electron chi connectivity index (χ4n) is 5.84. The van der Waals surface area contributed by atoms with Gasteiger partial charge in [0.25, 0.3) is 0 Å². The van der Waals surface area contributed by atoms with Crippen LogP contribution in [0.1, 0.15) is 58.3 Å². The molecule has 0 fully saturated rings. The van der Waals surface area contributed by atoms with Crippen LogP contribution in [0.3, 0.4) is 0 Å². The number of nitriles is 1. The van der Waals surface area contributed by atoms with Gasteiger partial charge in [-0.2, -0.15) is 5.26 Å². The molecule has 3 heteroatoms. The smallest absolute Gasteiger partial charge is 0.0994 e. The van der Waals surface area contributed by atoms with Crippen LogP contribution in [0.2, 0.25) is 0 Å². The van der Waals surface area contributed by atoms with Gasteiger partial charge in [-0.1, -0.05) is 78.5 Å². The molecule has 0 aromatic heterocycles. The van der Waals surface area contributed by atoms with E-state index in [2.05, 4.69) is 126 Å². The van der Waals surface area contributed by atoms with Crippen molar-refractivity contribution in [2.24, 2.45) is 0 Å². The molecule has 0 bridgehead atoms. The third-order valence-corrected chi connectivity index (χ3v) is 8.16. The Bertz CT molecular complexity index is 1460. The van der Waals surface area contributed by atoms with Crippen LogP contribution in [0, 0.1) is 11.3 Å². The van der Waals surface area contributed by atoms with Gasteiger partial charge in [-0.25, -0.2) is 0 Å². The van der Waals surface area contributed by atoms with E-state index in [0.717, 1.165) is 62.8 Å². The third kappa shape index (κ3) is 7.54. The van der Waals surface area contributed by atoms with Crippen molar-refractivity contribution in [3.8, 4) is 6.07 Å². The van der Waals surface area contributed by atoms with E-state index in [1.807, 2.05) is 0 Å². The predicted octanol–water partition coefficient (Wildman–Crippen LogP) is 9.24. The minimum Gasteiger partial charge on any atom is -0.315 e.